The van der Waals surface area contributed by atoms with Crippen molar-refractivity contribution in [2.75, 3.05) is 22.9 Å². The van der Waals surface area contributed by atoms with Gasteiger partial charge in [-0.2, -0.15) is 0 Å². The molecule has 31 heavy (non-hydrogen) atoms. The highest BCUT2D eigenvalue weighted by atomic mass is 15.2. The number of rotatable bonds is 2. The lowest BCUT2D eigenvalue weighted by Gasteiger charge is -2.44. The molecule has 7 rings (SSSR count). The summed E-state index contributed by atoms with van der Waals surface area (Å²) in [6, 6.07) is 29.6. The van der Waals surface area contributed by atoms with Crippen LogP contribution in [-0.2, 0) is 0 Å². The number of nitrogens with zero attached hydrogens (tertiary/aromatic N) is 2. The summed E-state index contributed by atoms with van der Waals surface area (Å²) in [6.45, 7) is 6.72. The van der Waals surface area contributed by atoms with Crippen LogP contribution in [0.4, 0.5) is 22.7 Å². The number of benzene rings is 4. The summed E-state index contributed by atoms with van der Waals surface area (Å²) < 4.78 is 0. The van der Waals surface area contributed by atoms with Crippen molar-refractivity contribution < 1.29 is 0 Å². The minimum atomic E-state index is 0.265. The Balaban J connectivity index is 1.74. The highest BCUT2D eigenvalue weighted by Crippen LogP contribution is 2.43. The second kappa shape index (κ2) is 6.04. The zero-order valence-corrected chi connectivity index (χ0v) is 17.9. The Labute approximate surface area is 183 Å². The fourth-order valence-electron chi connectivity index (χ4n) is 6.29. The van der Waals surface area contributed by atoms with Crippen molar-refractivity contribution in [3.8, 4) is 22.3 Å². The Hall–Kier alpha value is -3.46. The van der Waals surface area contributed by atoms with Gasteiger partial charge in [0.2, 0.25) is 0 Å². The summed E-state index contributed by atoms with van der Waals surface area (Å²) in [4.78, 5) is 5.03. The molecule has 0 unspecified atom stereocenters. The molecule has 0 bridgehead atoms. The Morgan fingerprint density at radius 1 is 0.484 bits per heavy atom. The lowest BCUT2D eigenvalue weighted by Crippen LogP contribution is -2.62. The van der Waals surface area contributed by atoms with Crippen molar-refractivity contribution in [3.05, 3.63) is 78.9 Å². The molecule has 148 valence electrons. The molecule has 3 aliphatic heterocycles. The van der Waals surface area contributed by atoms with E-state index >= 15 is 0 Å². The number of anilines is 4. The molecule has 0 aliphatic carbocycles. The molecular formula is C28H23BN2. The van der Waals surface area contributed by atoms with E-state index in [0.717, 1.165) is 13.1 Å². The van der Waals surface area contributed by atoms with E-state index in [1.54, 1.807) is 0 Å². The minimum Gasteiger partial charge on any atom is -0.343 e. The third-order valence-electron chi connectivity index (χ3n) is 7.40. The van der Waals surface area contributed by atoms with Crippen LogP contribution in [0.3, 0.4) is 0 Å². The van der Waals surface area contributed by atoms with Gasteiger partial charge in [-0.3, -0.25) is 0 Å². The van der Waals surface area contributed by atoms with E-state index in [1.165, 1.54) is 61.4 Å². The summed E-state index contributed by atoms with van der Waals surface area (Å²) >= 11 is 0. The van der Waals surface area contributed by atoms with Crippen molar-refractivity contribution in [2.45, 2.75) is 13.8 Å². The van der Waals surface area contributed by atoms with Gasteiger partial charge in [-0.15, -0.1) is 0 Å². The average molecular weight is 398 g/mol. The lowest BCUT2D eigenvalue weighted by molar-refractivity contribution is 1.01. The molecule has 3 aliphatic rings. The van der Waals surface area contributed by atoms with Crippen molar-refractivity contribution in [1.29, 1.82) is 0 Å². The smallest absolute Gasteiger partial charge is 0.253 e. The predicted octanol–water partition coefficient (Wildman–Crippen LogP) is 4.79. The van der Waals surface area contributed by atoms with Gasteiger partial charge in [-0.25, -0.2) is 0 Å². The monoisotopic (exact) mass is 398 g/mol. The summed E-state index contributed by atoms with van der Waals surface area (Å²) in [5.74, 6) is 0. The summed E-state index contributed by atoms with van der Waals surface area (Å²) in [5.41, 5.74) is 15.3. The number of fused-ring (bicyclic) bond motifs is 3. The summed E-state index contributed by atoms with van der Waals surface area (Å²) in [7, 11) is 0. The van der Waals surface area contributed by atoms with E-state index in [2.05, 4.69) is 103 Å². The predicted molar refractivity (Wildman–Crippen MR) is 134 cm³/mol. The normalized spacial score (nSPS) is 14.2. The van der Waals surface area contributed by atoms with Gasteiger partial charge in [-0.1, -0.05) is 54.6 Å². The lowest BCUT2D eigenvalue weighted by atomic mass is 9.32. The first-order valence-corrected chi connectivity index (χ1v) is 11.4. The molecule has 0 aromatic heterocycles. The van der Waals surface area contributed by atoms with E-state index in [4.69, 9.17) is 0 Å². The van der Waals surface area contributed by atoms with Gasteiger partial charge in [0.05, 0.1) is 0 Å². The second-order valence-electron chi connectivity index (χ2n) is 8.65. The SMILES string of the molecule is CCN1c2cccc3c2B2c4c(cccc4N(CC)c4cccc1c42)-c1ccccc1-3. The van der Waals surface area contributed by atoms with Crippen LogP contribution >= 0.6 is 0 Å². The van der Waals surface area contributed by atoms with Crippen LogP contribution < -0.4 is 26.2 Å². The van der Waals surface area contributed by atoms with E-state index in [1.807, 2.05) is 0 Å². The van der Waals surface area contributed by atoms with Crippen LogP contribution in [0.1, 0.15) is 13.8 Å². The van der Waals surface area contributed by atoms with Crippen molar-refractivity contribution in [3.63, 3.8) is 0 Å². The maximum Gasteiger partial charge on any atom is 0.253 e. The van der Waals surface area contributed by atoms with Gasteiger partial charge in [0.1, 0.15) is 0 Å². The molecular weight excluding hydrogens is 375 g/mol. The molecule has 4 aromatic rings. The third kappa shape index (κ3) is 1.99. The van der Waals surface area contributed by atoms with Gasteiger partial charge < -0.3 is 9.80 Å². The standard InChI is InChI=1S/C28H23BN2/c1-3-30-22-14-7-12-20-18-10-5-6-11-19(18)21-13-8-15-23-27(21)29(26(20)22)28-24(30)16-9-17-25(28)31(23)4-2/h5-17H,3-4H2,1-2H3. The van der Waals surface area contributed by atoms with E-state index in [0.29, 0.717) is 0 Å². The van der Waals surface area contributed by atoms with Crippen LogP contribution in [0, 0.1) is 0 Å². The molecule has 4 aromatic carbocycles. The first kappa shape index (κ1) is 17.2. The average Bonchev–Trinajstić information content (AvgIpc) is 2.95. The Morgan fingerprint density at radius 3 is 1.32 bits per heavy atom. The topological polar surface area (TPSA) is 6.48 Å². The van der Waals surface area contributed by atoms with E-state index in [9.17, 15) is 0 Å². The van der Waals surface area contributed by atoms with Crippen molar-refractivity contribution in [1.82, 2.24) is 0 Å². The van der Waals surface area contributed by atoms with Crippen molar-refractivity contribution in [2.24, 2.45) is 0 Å². The second-order valence-corrected chi connectivity index (χ2v) is 8.65. The van der Waals surface area contributed by atoms with E-state index in [-0.39, 0.29) is 6.71 Å². The largest absolute Gasteiger partial charge is 0.343 e. The van der Waals surface area contributed by atoms with Crippen LogP contribution in [0.15, 0.2) is 78.9 Å². The maximum absolute atomic E-state index is 2.52. The van der Waals surface area contributed by atoms with Gasteiger partial charge in [0, 0.05) is 35.8 Å². The van der Waals surface area contributed by atoms with Gasteiger partial charge >= 0.3 is 0 Å². The fraction of sp³-hybridized carbons (Fsp3) is 0.143. The zero-order valence-electron chi connectivity index (χ0n) is 17.9. The summed E-state index contributed by atoms with van der Waals surface area (Å²) in [5, 5.41) is 0. The highest BCUT2D eigenvalue weighted by Gasteiger charge is 2.45. The molecule has 0 amide bonds. The van der Waals surface area contributed by atoms with Gasteiger partial charge in [0.25, 0.3) is 6.71 Å². The van der Waals surface area contributed by atoms with E-state index < -0.39 is 0 Å². The van der Waals surface area contributed by atoms with Crippen LogP contribution in [-0.4, -0.2) is 19.8 Å². The number of hydrogen-bond donors (Lipinski definition) is 0. The highest BCUT2D eigenvalue weighted by molar-refractivity contribution is 7.02. The quantitative estimate of drug-likeness (QED) is 0.395. The molecule has 0 atom stereocenters. The zero-order chi connectivity index (χ0) is 20.7. The van der Waals surface area contributed by atoms with Crippen LogP contribution in [0.25, 0.3) is 22.3 Å². The minimum absolute atomic E-state index is 0.265. The Kier molecular flexibility index (Phi) is 3.36. The van der Waals surface area contributed by atoms with Crippen molar-refractivity contribution >= 4 is 45.9 Å². The van der Waals surface area contributed by atoms with Gasteiger partial charge in [0.15, 0.2) is 0 Å². The molecule has 0 radical (unpaired) electrons. The Bertz CT molecular complexity index is 1290. The van der Waals surface area contributed by atoms with Crippen LogP contribution in [0.2, 0.25) is 0 Å². The fourth-order valence-corrected chi connectivity index (χ4v) is 6.29. The molecule has 0 saturated heterocycles. The maximum atomic E-state index is 2.52. The first-order chi connectivity index (χ1) is 15.3. The molecule has 0 saturated carbocycles. The molecule has 0 N–H and O–H groups in total. The molecule has 0 fully saturated rings. The van der Waals surface area contributed by atoms with Gasteiger partial charge in [-0.05, 0) is 76.8 Å². The molecule has 3 heteroatoms. The molecule has 3 heterocycles. The van der Waals surface area contributed by atoms with Crippen LogP contribution in [0.5, 0.6) is 0 Å². The summed E-state index contributed by atoms with van der Waals surface area (Å²) in [6.07, 6.45) is 0. The number of hydrogen-bond acceptors (Lipinski definition) is 2. The first-order valence-electron chi connectivity index (χ1n) is 11.4. The Morgan fingerprint density at radius 2 is 0.871 bits per heavy atom. The molecule has 2 nitrogen and oxygen atoms in total. The molecule has 0 spiro atoms. The third-order valence-corrected chi connectivity index (χ3v) is 7.40.